The van der Waals surface area contributed by atoms with Crippen LogP contribution < -0.4 is 10.9 Å². The Morgan fingerprint density at radius 3 is 3.05 bits per heavy atom. The van der Waals surface area contributed by atoms with Crippen LogP contribution in [0.3, 0.4) is 0 Å². The molecule has 1 aliphatic rings. The first kappa shape index (κ1) is 15.1. The van der Waals surface area contributed by atoms with Crippen LogP contribution in [0, 0.1) is 11.3 Å². The fourth-order valence-corrected chi connectivity index (χ4v) is 2.86. The Morgan fingerprint density at radius 2 is 2.40 bits per heavy atom. The number of hydrogen-bond donors (Lipinski definition) is 2. The van der Waals surface area contributed by atoms with Crippen LogP contribution in [-0.4, -0.2) is 27.3 Å². The summed E-state index contributed by atoms with van der Waals surface area (Å²) in [6.07, 6.45) is 6.77. The Morgan fingerprint density at radius 1 is 1.60 bits per heavy atom. The zero-order valence-corrected chi connectivity index (χ0v) is 12.5. The van der Waals surface area contributed by atoms with Gasteiger partial charge in [0.25, 0.3) is 5.56 Å². The lowest BCUT2D eigenvalue weighted by atomic mass is 9.96. The molecule has 0 amide bonds. The van der Waals surface area contributed by atoms with Gasteiger partial charge in [-0.15, -0.1) is 0 Å². The number of rotatable bonds is 8. The summed E-state index contributed by atoms with van der Waals surface area (Å²) in [5.74, 6) is 0.901. The van der Waals surface area contributed by atoms with Crippen LogP contribution in [0.2, 0.25) is 0 Å². The van der Waals surface area contributed by atoms with Crippen LogP contribution in [0.4, 0.5) is 0 Å². The standard InChI is InChI=1S/C14H20N4OS/c1-14(10-15,18-11-4-5-11)7-2-3-9-20-13-16-8-6-12(19)17-13/h6,8,11,18H,2-5,7,9H2,1H3,(H,16,17,19). The topological polar surface area (TPSA) is 81.6 Å². The fourth-order valence-electron chi connectivity index (χ4n) is 2.01. The van der Waals surface area contributed by atoms with Gasteiger partial charge in [-0.05, 0) is 39.0 Å². The van der Waals surface area contributed by atoms with E-state index in [0.29, 0.717) is 11.2 Å². The molecule has 0 aliphatic heterocycles. The summed E-state index contributed by atoms with van der Waals surface area (Å²) in [6, 6.07) is 4.35. The van der Waals surface area contributed by atoms with Gasteiger partial charge in [0.05, 0.1) is 6.07 Å². The molecule has 1 saturated carbocycles. The molecule has 5 nitrogen and oxygen atoms in total. The maximum Gasteiger partial charge on any atom is 0.251 e. The summed E-state index contributed by atoms with van der Waals surface area (Å²) in [5, 5.41) is 13.3. The second-order valence-corrected chi connectivity index (χ2v) is 6.49. The molecule has 0 saturated heterocycles. The minimum atomic E-state index is -0.398. The average molecular weight is 292 g/mol. The predicted molar refractivity (Wildman–Crippen MR) is 79.6 cm³/mol. The Hall–Kier alpha value is -1.32. The summed E-state index contributed by atoms with van der Waals surface area (Å²) in [7, 11) is 0. The van der Waals surface area contributed by atoms with Gasteiger partial charge in [-0.3, -0.25) is 10.1 Å². The van der Waals surface area contributed by atoms with E-state index in [9.17, 15) is 10.1 Å². The van der Waals surface area contributed by atoms with Gasteiger partial charge in [0, 0.05) is 24.1 Å². The van der Waals surface area contributed by atoms with E-state index in [1.54, 1.807) is 11.8 Å². The highest BCUT2D eigenvalue weighted by Gasteiger charge is 2.31. The number of unbranched alkanes of at least 4 members (excludes halogenated alkanes) is 1. The Labute approximate surface area is 123 Å². The normalized spacial score (nSPS) is 17.4. The highest BCUT2D eigenvalue weighted by Crippen LogP contribution is 2.25. The minimum absolute atomic E-state index is 0.117. The van der Waals surface area contributed by atoms with Gasteiger partial charge in [-0.2, -0.15) is 5.26 Å². The van der Waals surface area contributed by atoms with E-state index in [1.165, 1.54) is 25.1 Å². The SMILES string of the molecule is CC(C#N)(CCCCSc1nccc(=O)[nH]1)NC1CC1. The lowest BCUT2D eigenvalue weighted by Gasteiger charge is -2.23. The molecule has 1 aliphatic carbocycles. The van der Waals surface area contributed by atoms with E-state index >= 15 is 0 Å². The van der Waals surface area contributed by atoms with E-state index in [2.05, 4.69) is 21.4 Å². The molecule has 6 heteroatoms. The van der Waals surface area contributed by atoms with Crippen molar-refractivity contribution in [1.82, 2.24) is 15.3 Å². The van der Waals surface area contributed by atoms with Crippen molar-refractivity contribution in [2.24, 2.45) is 0 Å². The number of thioether (sulfide) groups is 1. The maximum atomic E-state index is 11.1. The predicted octanol–water partition coefficient (Wildman–Crippen LogP) is 2.07. The zero-order valence-electron chi connectivity index (χ0n) is 11.7. The average Bonchev–Trinajstić information content (AvgIpc) is 3.22. The van der Waals surface area contributed by atoms with Crippen LogP contribution in [0.25, 0.3) is 0 Å². The third-order valence-electron chi connectivity index (χ3n) is 3.30. The highest BCUT2D eigenvalue weighted by atomic mass is 32.2. The molecule has 0 radical (unpaired) electrons. The molecule has 108 valence electrons. The van der Waals surface area contributed by atoms with Crippen LogP contribution in [-0.2, 0) is 0 Å². The number of aromatic nitrogens is 2. The molecule has 0 bridgehead atoms. The van der Waals surface area contributed by atoms with Gasteiger partial charge < -0.3 is 4.98 Å². The van der Waals surface area contributed by atoms with Crippen LogP contribution in [0.1, 0.15) is 39.0 Å². The van der Waals surface area contributed by atoms with Gasteiger partial charge in [-0.25, -0.2) is 4.98 Å². The summed E-state index contributed by atoms with van der Waals surface area (Å²) in [6.45, 7) is 1.98. The van der Waals surface area contributed by atoms with Crippen molar-refractivity contribution in [2.45, 2.75) is 55.8 Å². The van der Waals surface area contributed by atoms with Gasteiger partial charge in [-0.1, -0.05) is 11.8 Å². The van der Waals surface area contributed by atoms with Gasteiger partial charge in [0.1, 0.15) is 5.54 Å². The fraction of sp³-hybridized carbons (Fsp3) is 0.643. The maximum absolute atomic E-state index is 11.1. The molecule has 1 fully saturated rings. The van der Waals surface area contributed by atoms with Crippen molar-refractivity contribution in [3.05, 3.63) is 22.6 Å². The third kappa shape index (κ3) is 4.99. The van der Waals surface area contributed by atoms with Crippen LogP contribution >= 0.6 is 11.8 Å². The number of aromatic amines is 1. The van der Waals surface area contributed by atoms with E-state index in [0.717, 1.165) is 25.0 Å². The lowest BCUT2D eigenvalue weighted by Crippen LogP contribution is -2.42. The van der Waals surface area contributed by atoms with Crippen molar-refractivity contribution in [3.8, 4) is 6.07 Å². The molecule has 1 heterocycles. The molecular weight excluding hydrogens is 272 g/mol. The molecule has 0 aromatic carbocycles. The molecule has 2 N–H and O–H groups in total. The summed E-state index contributed by atoms with van der Waals surface area (Å²) in [4.78, 5) is 17.9. The first-order valence-corrected chi connectivity index (χ1v) is 7.97. The molecule has 2 rings (SSSR count). The molecule has 1 atom stereocenters. The van der Waals surface area contributed by atoms with Crippen molar-refractivity contribution in [1.29, 1.82) is 5.26 Å². The van der Waals surface area contributed by atoms with Crippen LogP contribution in [0.15, 0.2) is 22.2 Å². The quantitative estimate of drug-likeness (QED) is 0.435. The smallest absolute Gasteiger partial charge is 0.251 e. The van der Waals surface area contributed by atoms with Crippen LogP contribution in [0.5, 0.6) is 0 Å². The zero-order chi connectivity index (χ0) is 14.4. The van der Waals surface area contributed by atoms with E-state index in [4.69, 9.17) is 0 Å². The van der Waals surface area contributed by atoms with Crippen molar-refractivity contribution in [3.63, 3.8) is 0 Å². The largest absolute Gasteiger partial charge is 0.301 e. The molecular formula is C14H20N4OS. The Kier molecular flexibility index (Phi) is 5.21. The first-order valence-electron chi connectivity index (χ1n) is 6.98. The number of nitrogens with zero attached hydrogens (tertiary/aromatic N) is 2. The van der Waals surface area contributed by atoms with Gasteiger partial charge >= 0.3 is 0 Å². The van der Waals surface area contributed by atoms with Crippen molar-refractivity contribution < 1.29 is 0 Å². The molecule has 1 aromatic rings. The van der Waals surface area contributed by atoms with Gasteiger partial charge in [0.15, 0.2) is 5.16 Å². The lowest BCUT2D eigenvalue weighted by molar-refractivity contribution is 0.402. The number of nitriles is 1. The first-order chi connectivity index (χ1) is 9.61. The summed E-state index contributed by atoms with van der Waals surface area (Å²) >= 11 is 1.55. The van der Waals surface area contributed by atoms with Crippen molar-refractivity contribution in [2.75, 3.05) is 5.75 Å². The van der Waals surface area contributed by atoms with E-state index < -0.39 is 5.54 Å². The number of nitrogens with one attached hydrogen (secondary N) is 2. The van der Waals surface area contributed by atoms with E-state index in [1.807, 2.05) is 6.92 Å². The monoisotopic (exact) mass is 292 g/mol. The molecule has 20 heavy (non-hydrogen) atoms. The van der Waals surface area contributed by atoms with E-state index in [-0.39, 0.29) is 5.56 Å². The van der Waals surface area contributed by atoms with Gasteiger partial charge in [0.2, 0.25) is 0 Å². The number of hydrogen-bond acceptors (Lipinski definition) is 5. The molecule has 1 unspecified atom stereocenters. The second kappa shape index (κ2) is 6.91. The second-order valence-electron chi connectivity index (χ2n) is 5.41. The third-order valence-corrected chi connectivity index (χ3v) is 4.28. The minimum Gasteiger partial charge on any atom is -0.301 e. The highest BCUT2D eigenvalue weighted by molar-refractivity contribution is 7.99. The Bertz CT molecular complexity index is 534. The summed E-state index contributed by atoms with van der Waals surface area (Å²) < 4.78 is 0. The summed E-state index contributed by atoms with van der Waals surface area (Å²) in [5.41, 5.74) is -0.515. The Balaban J connectivity index is 1.65. The molecule has 0 spiro atoms. The van der Waals surface area contributed by atoms with Crippen molar-refractivity contribution >= 4 is 11.8 Å². The molecule has 1 aromatic heterocycles. The number of H-pyrrole nitrogens is 1.